The molecule has 0 atom stereocenters. The van der Waals surface area contributed by atoms with Crippen molar-refractivity contribution in [3.05, 3.63) is 0 Å². The van der Waals surface area contributed by atoms with Crippen molar-refractivity contribution in [1.29, 1.82) is 5.41 Å². The summed E-state index contributed by atoms with van der Waals surface area (Å²) in [6.45, 7) is 0. The third kappa shape index (κ3) is 1.35. The molecule has 1 aliphatic rings. The van der Waals surface area contributed by atoms with Crippen LogP contribution in [-0.4, -0.2) is 26.6 Å². The van der Waals surface area contributed by atoms with E-state index in [0.29, 0.717) is 5.06 Å². The molecule has 0 radical (unpaired) electrons. The summed E-state index contributed by atoms with van der Waals surface area (Å²) in [5.74, 6) is 0. The normalized spacial score (nSPS) is 24.1. The second-order valence-corrected chi connectivity index (χ2v) is 2.54. The van der Waals surface area contributed by atoms with Crippen LogP contribution in [0.25, 0.3) is 0 Å². The maximum atomic E-state index is 10.3. The molecule has 58 valence electrons. The predicted octanol–water partition coefficient (Wildman–Crippen LogP) is -1.01. The van der Waals surface area contributed by atoms with Gasteiger partial charge in [0, 0.05) is 7.05 Å². The standard InChI is InChI=1S/C2H4N2O5S/c1-4-2(3)7-9-10(5,6)8-4/h3H,1H3. The van der Waals surface area contributed by atoms with Crippen LogP contribution >= 0.6 is 0 Å². The lowest BCUT2D eigenvalue weighted by Crippen LogP contribution is -2.37. The summed E-state index contributed by atoms with van der Waals surface area (Å²) >= 11 is 0. The first kappa shape index (κ1) is 7.25. The highest BCUT2D eigenvalue weighted by molar-refractivity contribution is 7.81. The molecular weight excluding hydrogens is 164 g/mol. The number of rotatable bonds is 0. The summed E-state index contributed by atoms with van der Waals surface area (Å²) < 4.78 is 28.2. The van der Waals surface area contributed by atoms with E-state index in [2.05, 4.69) is 13.5 Å². The topological polar surface area (TPSA) is 88.9 Å². The molecule has 8 heteroatoms. The Kier molecular flexibility index (Phi) is 1.50. The van der Waals surface area contributed by atoms with E-state index in [9.17, 15) is 8.42 Å². The van der Waals surface area contributed by atoms with E-state index in [1.165, 1.54) is 7.05 Å². The minimum Gasteiger partial charge on any atom is -0.277 e. The number of hydrogen-bond acceptors (Lipinski definition) is 6. The van der Waals surface area contributed by atoms with E-state index in [4.69, 9.17) is 5.41 Å². The zero-order chi connectivity index (χ0) is 7.78. The molecule has 0 spiro atoms. The zero-order valence-electron chi connectivity index (χ0n) is 4.90. The van der Waals surface area contributed by atoms with Gasteiger partial charge < -0.3 is 0 Å². The van der Waals surface area contributed by atoms with E-state index in [1.807, 2.05) is 0 Å². The summed E-state index contributed by atoms with van der Waals surface area (Å²) in [5.41, 5.74) is 0. The Morgan fingerprint density at radius 3 is 2.60 bits per heavy atom. The highest BCUT2D eigenvalue weighted by Crippen LogP contribution is 2.07. The molecule has 0 aromatic rings. The van der Waals surface area contributed by atoms with Crippen molar-refractivity contribution in [2.24, 2.45) is 0 Å². The number of nitrogens with zero attached hydrogens (tertiary/aromatic N) is 1. The number of amidine groups is 1. The van der Waals surface area contributed by atoms with Crippen molar-refractivity contribution in [3.8, 4) is 0 Å². The molecule has 0 unspecified atom stereocenters. The number of hydrogen-bond donors (Lipinski definition) is 1. The molecule has 1 N–H and O–H groups in total. The van der Waals surface area contributed by atoms with Gasteiger partial charge in [-0.05, 0) is 4.33 Å². The number of nitrogens with one attached hydrogen (secondary N) is 1. The van der Waals surface area contributed by atoms with Gasteiger partial charge in [0.1, 0.15) is 0 Å². The van der Waals surface area contributed by atoms with Crippen molar-refractivity contribution >= 4 is 16.4 Å². The highest BCUT2D eigenvalue weighted by Gasteiger charge is 2.28. The van der Waals surface area contributed by atoms with Gasteiger partial charge in [-0.2, -0.15) is 13.5 Å². The van der Waals surface area contributed by atoms with Gasteiger partial charge in [-0.3, -0.25) is 4.89 Å². The van der Waals surface area contributed by atoms with E-state index in [1.54, 1.807) is 0 Å². The SMILES string of the molecule is CN1OS(=O)(=O)OOC1=N. The summed E-state index contributed by atoms with van der Waals surface area (Å²) in [5, 5.41) is 7.37. The monoisotopic (exact) mass is 168 g/mol. The first-order valence-corrected chi connectivity index (χ1v) is 3.47. The molecule has 7 nitrogen and oxygen atoms in total. The van der Waals surface area contributed by atoms with Crippen LogP contribution < -0.4 is 0 Å². The molecule has 1 fully saturated rings. The zero-order valence-corrected chi connectivity index (χ0v) is 5.71. The van der Waals surface area contributed by atoms with Gasteiger partial charge in [0.15, 0.2) is 0 Å². The Labute approximate surface area is 56.8 Å². The van der Waals surface area contributed by atoms with Crippen molar-refractivity contribution in [3.63, 3.8) is 0 Å². The fourth-order valence-corrected chi connectivity index (χ4v) is 0.824. The fraction of sp³-hybridized carbons (Fsp3) is 0.500. The van der Waals surface area contributed by atoms with Gasteiger partial charge in [-0.25, -0.2) is 5.41 Å². The summed E-state index contributed by atoms with van der Waals surface area (Å²) in [4.78, 5) is 3.90. The maximum absolute atomic E-state index is 10.3. The molecule has 1 saturated heterocycles. The lowest BCUT2D eigenvalue weighted by atomic mass is 11.0. The van der Waals surface area contributed by atoms with Gasteiger partial charge in [0.2, 0.25) is 0 Å². The fourth-order valence-electron chi connectivity index (χ4n) is 0.310. The third-order valence-electron chi connectivity index (χ3n) is 0.685. The first-order chi connectivity index (χ1) is 4.51. The van der Waals surface area contributed by atoms with Crippen molar-refractivity contribution in [1.82, 2.24) is 5.06 Å². The van der Waals surface area contributed by atoms with Crippen LogP contribution in [-0.2, 0) is 23.9 Å². The van der Waals surface area contributed by atoms with E-state index >= 15 is 0 Å². The molecule has 10 heavy (non-hydrogen) atoms. The number of hydroxylamine groups is 2. The lowest BCUT2D eigenvalue weighted by molar-refractivity contribution is -0.196. The second-order valence-electron chi connectivity index (χ2n) is 1.44. The van der Waals surface area contributed by atoms with Crippen LogP contribution in [0.4, 0.5) is 0 Å². The molecule has 0 saturated carbocycles. The summed E-state index contributed by atoms with van der Waals surface area (Å²) in [6, 6.07) is -0.533. The molecule has 1 aliphatic heterocycles. The molecule has 0 aliphatic carbocycles. The Morgan fingerprint density at radius 2 is 2.20 bits per heavy atom. The predicted molar refractivity (Wildman–Crippen MR) is 27.7 cm³/mol. The van der Waals surface area contributed by atoms with Crippen LogP contribution in [0.5, 0.6) is 0 Å². The molecule has 1 heterocycles. The quantitative estimate of drug-likeness (QED) is 0.466. The average Bonchev–Trinajstić information content (AvgIpc) is 1.79. The molecule has 0 bridgehead atoms. The molecule has 1 rings (SSSR count). The van der Waals surface area contributed by atoms with Gasteiger partial charge in [-0.15, -0.1) is 4.28 Å². The van der Waals surface area contributed by atoms with Crippen molar-refractivity contribution in [2.45, 2.75) is 0 Å². The Balaban J connectivity index is 2.76. The summed E-state index contributed by atoms with van der Waals surface area (Å²) in [6.07, 6.45) is 0. The van der Waals surface area contributed by atoms with Crippen molar-refractivity contribution in [2.75, 3.05) is 7.05 Å². The van der Waals surface area contributed by atoms with Gasteiger partial charge >= 0.3 is 16.4 Å². The van der Waals surface area contributed by atoms with E-state index in [-0.39, 0.29) is 0 Å². The second kappa shape index (κ2) is 2.08. The van der Waals surface area contributed by atoms with Gasteiger partial charge in [0.25, 0.3) is 0 Å². The Morgan fingerprint density at radius 1 is 1.60 bits per heavy atom. The Hall–Kier alpha value is -0.860. The molecule has 0 aromatic heterocycles. The Bertz CT molecular complexity index is 244. The maximum Gasteiger partial charge on any atom is 0.456 e. The van der Waals surface area contributed by atoms with E-state index < -0.39 is 16.4 Å². The lowest BCUT2D eigenvalue weighted by Gasteiger charge is -2.19. The average molecular weight is 168 g/mol. The highest BCUT2D eigenvalue weighted by atomic mass is 32.3. The first-order valence-electron chi connectivity index (χ1n) is 2.14. The smallest absolute Gasteiger partial charge is 0.277 e. The van der Waals surface area contributed by atoms with Crippen molar-refractivity contribution < 1.29 is 21.9 Å². The third-order valence-corrected chi connectivity index (χ3v) is 1.33. The summed E-state index contributed by atoms with van der Waals surface area (Å²) in [7, 11) is -2.91. The van der Waals surface area contributed by atoms with Crippen LogP contribution in [0.1, 0.15) is 0 Å². The minimum atomic E-state index is -4.10. The van der Waals surface area contributed by atoms with Gasteiger partial charge in [0.05, 0.1) is 0 Å². The minimum absolute atomic E-state index is 0.533. The molecule has 0 amide bonds. The van der Waals surface area contributed by atoms with Crippen LogP contribution in [0.2, 0.25) is 0 Å². The van der Waals surface area contributed by atoms with Crippen LogP contribution in [0.3, 0.4) is 0 Å². The molecule has 0 aromatic carbocycles. The van der Waals surface area contributed by atoms with Crippen LogP contribution in [0.15, 0.2) is 0 Å². The van der Waals surface area contributed by atoms with Gasteiger partial charge in [-0.1, -0.05) is 0 Å². The largest absolute Gasteiger partial charge is 0.456 e. The van der Waals surface area contributed by atoms with Crippen LogP contribution in [0, 0.1) is 5.41 Å². The van der Waals surface area contributed by atoms with E-state index in [0.717, 1.165) is 0 Å². The molecular formula is C2H4N2O5S.